The lowest BCUT2D eigenvalue weighted by Crippen LogP contribution is -2.33. The summed E-state index contributed by atoms with van der Waals surface area (Å²) < 4.78 is 33.5. The lowest BCUT2D eigenvalue weighted by Gasteiger charge is -2.19. The number of benzene rings is 1. The number of carbonyl (C=O) groups excluding carboxylic acids is 2. The van der Waals surface area contributed by atoms with Gasteiger partial charge in [0.25, 0.3) is 5.91 Å². The molecule has 0 spiro atoms. The second-order valence-corrected chi connectivity index (χ2v) is 8.45. The number of phosphoric acid groups is 1. The molecule has 1 aromatic rings. The van der Waals surface area contributed by atoms with Crippen LogP contribution in [0.2, 0.25) is 0 Å². The predicted molar refractivity (Wildman–Crippen MR) is 104 cm³/mol. The molecule has 0 aliphatic heterocycles. The number of amides is 2. The molecule has 0 unspecified atom stereocenters. The first-order valence-corrected chi connectivity index (χ1v) is 10.6. The molecule has 1 rings (SSSR count). The highest BCUT2D eigenvalue weighted by Crippen LogP contribution is 2.39. The third-order valence-electron chi connectivity index (χ3n) is 3.49. The molecular weight excluding hydrogens is 406 g/mol. The van der Waals surface area contributed by atoms with Crippen LogP contribution in [0.25, 0.3) is 0 Å². The van der Waals surface area contributed by atoms with Gasteiger partial charge in [-0.05, 0) is 58.2 Å². The molecule has 0 saturated heterocycles. The monoisotopic (exact) mass is 434 g/mol. The van der Waals surface area contributed by atoms with E-state index in [-0.39, 0.29) is 16.9 Å². The number of hydrogen-bond acceptors (Lipinski definition) is 5. The maximum absolute atomic E-state index is 13.1. The van der Waals surface area contributed by atoms with E-state index in [9.17, 15) is 18.5 Å². The molecule has 29 heavy (non-hydrogen) atoms. The molecule has 0 aromatic heterocycles. The molecule has 2 amide bonds. The summed E-state index contributed by atoms with van der Waals surface area (Å²) in [6.45, 7) is 5.15. The summed E-state index contributed by atoms with van der Waals surface area (Å²) in [6, 6.07) is 3.63. The van der Waals surface area contributed by atoms with Gasteiger partial charge < -0.3 is 19.9 Å². The topological polar surface area (TPSA) is 134 Å². The van der Waals surface area contributed by atoms with Gasteiger partial charge in [0.15, 0.2) is 0 Å². The van der Waals surface area contributed by atoms with Crippen molar-refractivity contribution in [3.05, 3.63) is 29.3 Å². The third kappa shape index (κ3) is 10.8. The Morgan fingerprint density at radius 3 is 2.28 bits per heavy atom. The minimum atomic E-state index is -4.82. The fourth-order valence-electron chi connectivity index (χ4n) is 2.28. The van der Waals surface area contributed by atoms with E-state index >= 15 is 0 Å². The number of alkyl carbamates (subject to hydrolysis) is 1. The zero-order valence-corrected chi connectivity index (χ0v) is 17.6. The first kappa shape index (κ1) is 24.9. The predicted octanol–water partition coefficient (Wildman–Crippen LogP) is 3.05. The van der Waals surface area contributed by atoms with Crippen LogP contribution in [0.1, 0.15) is 56.0 Å². The van der Waals surface area contributed by atoms with Crippen molar-refractivity contribution in [2.24, 2.45) is 0 Å². The van der Waals surface area contributed by atoms with Crippen LogP contribution in [0.4, 0.5) is 9.18 Å². The van der Waals surface area contributed by atoms with Gasteiger partial charge in [-0.2, -0.15) is 0 Å². The van der Waals surface area contributed by atoms with Crippen molar-refractivity contribution in [2.75, 3.05) is 13.1 Å². The summed E-state index contributed by atoms with van der Waals surface area (Å²) in [5.74, 6) is -0.746. The van der Waals surface area contributed by atoms with Gasteiger partial charge >= 0.3 is 13.9 Å². The van der Waals surface area contributed by atoms with Crippen LogP contribution < -0.4 is 15.2 Å². The van der Waals surface area contributed by atoms with E-state index in [2.05, 4.69) is 15.2 Å². The first-order valence-electron chi connectivity index (χ1n) is 9.10. The molecule has 1 aromatic carbocycles. The number of nitrogens with one attached hydrogen (secondary N) is 2. The second-order valence-electron chi connectivity index (χ2n) is 7.28. The molecule has 0 heterocycles. The fraction of sp³-hybridized carbons (Fsp3) is 0.556. The Morgan fingerprint density at radius 1 is 1.10 bits per heavy atom. The van der Waals surface area contributed by atoms with Crippen molar-refractivity contribution in [1.29, 1.82) is 0 Å². The molecule has 0 radical (unpaired) electrons. The second kappa shape index (κ2) is 11.1. The lowest BCUT2D eigenvalue weighted by atomic mass is 10.1. The van der Waals surface area contributed by atoms with Crippen LogP contribution in [-0.2, 0) is 16.0 Å². The number of hydrogen-bond donors (Lipinski definition) is 4. The number of phosphoric ester groups is 1. The van der Waals surface area contributed by atoms with Crippen LogP contribution in [0.15, 0.2) is 18.2 Å². The number of alkyl halides is 1. The van der Waals surface area contributed by atoms with Crippen molar-refractivity contribution >= 4 is 19.8 Å². The highest BCUT2D eigenvalue weighted by atomic mass is 31.2. The van der Waals surface area contributed by atoms with Gasteiger partial charge in [0.2, 0.25) is 0 Å². The van der Waals surface area contributed by atoms with Gasteiger partial charge in [0, 0.05) is 24.2 Å². The van der Waals surface area contributed by atoms with Gasteiger partial charge in [0.1, 0.15) is 18.0 Å². The lowest BCUT2D eigenvalue weighted by molar-refractivity contribution is 0.0527. The van der Waals surface area contributed by atoms with E-state index in [0.717, 1.165) is 18.9 Å². The van der Waals surface area contributed by atoms with Crippen molar-refractivity contribution in [3.8, 4) is 5.75 Å². The van der Waals surface area contributed by atoms with E-state index in [0.29, 0.717) is 19.5 Å². The van der Waals surface area contributed by atoms with Gasteiger partial charge in [-0.3, -0.25) is 14.6 Å². The molecule has 0 saturated carbocycles. The summed E-state index contributed by atoms with van der Waals surface area (Å²) in [4.78, 5) is 41.2. The molecule has 0 fully saturated rings. The van der Waals surface area contributed by atoms with E-state index in [1.165, 1.54) is 12.1 Å². The molecule has 0 bridgehead atoms. The zero-order chi connectivity index (χ0) is 22.1. The van der Waals surface area contributed by atoms with Gasteiger partial charge in [0.05, 0.1) is 0 Å². The largest absolute Gasteiger partial charge is 0.524 e. The molecule has 164 valence electrons. The molecule has 0 atom stereocenters. The Labute approximate surface area is 169 Å². The SMILES string of the molecule is CC(C)(C)OC(=O)NCCCCCNC(=O)c1ccc(OP(=O)(O)O)c(CF)c1. The molecule has 9 nitrogen and oxygen atoms in total. The summed E-state index contributed by atoms with van der Waals surface area (Å²) >= 11 is 0. The molecule has 11 heteroatoms. The number of ether oxygens (including phenoxy) is 1. The quantitative estimate of drug-likeness (QED) is 0.328. The van der Waals surface area contributed by atoms with E-state index in [4.69, 9.17) is 14.5 Å². The minimum Gasteiger partial charge on any atom is -0.444 e. The number of carbonyl (C=O) groups is 2. The van der Waals surface area contributed by atoms with Crippen molar-refractivity contribution in [3.63, 3.8) is 0 Å². The molecule has 0 aliphatic carbocycles. The summed E-state index contributed by atoms with van der Waals surface area (Å²) in [6.07, 6.45) is 1.69. The van der Waals surface area contributed by atoms with Crippen molar-refractivity contribution in [1.82, 2.24) is 10.6 Å². The van der Waals surface area contributed by atoms with Crippen molar-refractivity contribution in [2.45, 2.75) is 52.3 Å². The highest BCUT2D eigenvalue weighted by molar-refractivity contribution is 7.46. The normalized spacial score (nSPS) is 11.7. The maximum Gasteiger partial charge on any atom is 0.524 e. The Balaban J connectivity index is 2.35. The standard InChI is InChI=1S/C18H28FN2O7P/c1-18(2,3)27-17(23)21-10-6-4-5-9-20-16(22)13-7-8-15(14(11-13)12-19)28-29(24,25)26/h7-8,11H,4-6,9-10,12H2,1-3H3,(H,20,22)(H,21,23)(H2,24,25,26). The smallest absolute Gasteiger partial charge is 0.444 e. The van der Waals surface area contributed by atoms with Crippen LogP contribution in [0.5, 0.6) is 5.75 Å². The maximum atomic E-state index is 13.1. The Hall–Kier alpha value is -2.16. The summed E-state index contributed by atoms with van der Waals surface area (Å²) in [5.41, 5.74) is -0.521. The zero-order valence-electron chi connectivity index (χ0n) is 16.7. The third-order valence-corrected chi connectivity index (χ3v) is 3.93. The average Bonchev–Trinajstić information content (AvgIpc) is 2.58. The van der Waals surface area contributed by atoms with Gasteiger partial charge in [-0.25, -0.2) is 13.8 Å². The van der Waals surface area contributed by atoms with Gasteiger partial charge in [-0.1, -0.05) is 0 Å². The van der Waals surface area contributed by atoms with Gasteiger partial charge in [-0.15, -0.1) is 0 Å². The number of rotatable bonds is 10. The molecule has 4 N–H and O–H groups in total. The van der Waals surface area contributed by atoms with Crippen LogP contribution >= 0.6 is 7.82 Å². The Bertz CT molecular complexity index is 746. The Morgan fingerprint density at radius 2 is 1.72 bits per heavy atom. The van der Waals surface area contributed by atoms with E-state index in [1.807, 2.05) is 0 Å². The van der Waals surface area contributed by atoms with Crippen molar-refractivity contribution < 1.29 is 37.6 Å². The number of halogens is 1. The fourth-order valence-corrected chi connectivity index (χ4v) is 2.71. The van der Waals surface area contributed by atoms with Crippen LogP contribution in [0, 0.1) is 0 Å². The molecule has 0 aliphatic rings. The van der Waals surface area contributed by atoms with Crippen LogP contribution in [0.3, 0.4) is 0 Å². The average molecular weight is 434 g/mol. The van der Waals surface area contributed by atoms with Crippen LogP contribution in [-0.4, -0.2) is 40.5 Å². The minimum absolute atomic E-state index is 0.130. The van der Waals surface area contributed by atoms with E-state index < -0.39 is 32.1 Å². The highest BCUT2D eigenvalue weighted by Gasteiger charge is 2.19. The first-order chi connectivity index (χ1) is 13.4. The number of unbranched alkanes of at least 4 members (excludes halogenated alkanes) is 2. The molecular formula is C18H28FN2O7P. The summed E-state index contributed by atoms with van der Waals surface area (Å²) in [7, 11) is -4.82. The summed E-state index contributed by atoms with van der Waals surface area (Å²) in [5, 5.41) is 5.33. The van der Waals surface area contributed by atoms with E-state index in [1.54, 1.807) is 20.8 Å². The Kier molecular flexibility index (Phi) is 9.55.